The van der Waals surface area contributed by atoms with Gasteiger partial charge in [-0.05, 0) is 43.2 Å². The molecule has 0 saturated heterocycles. The topological polar surface area (TPSA) is 56.5 Å². The highest BCUT2D eigenvalue weighted by molar-refractivity contribution is 9.10. The van der Waals surface area contributed by atoms with Crippen molar-refractivity contribution in [1.82, 2.24) is 9.66 Å². The van der Waals surface area contributed by atoms with Crippen molar-refractivity contribution in [3.8, 4) is 5.75 Å². The molecule has 1 saturated carbocycles. The van der Waals surface area contributed by atoms with Crippen LogP contribution in [0.25, 0.3) is 10.9 Å². The summed E-state index contributed by atoms with van der Waals surface area (Å²) in [4.78, 5) is 18.1. The molecular formula is C24H24BrN3O2. The van der Waals surface area contributed by atoms with Crippen molar-refractivity contribution in [2.75, 3.05) is 6.61 Å². The molecule has 0 spiro atoms. The Morgan fingerprint density at radius 2 is 2.00 bits per heavy atom. The van der Waals surface area contributed by atoms with Crippen LogP contribution in [0.5, 0.6) is 5.75 Å². The lowest BCUT2D eigenvalue weighted by Crippen LogP contribution is -2.25. The van der Waals surface area contributed by atoms with Gasteiger partial charge in [-0.2, -0.15) is 9.78 Å². The minimum absolute atomic E-state index is 0.138. The van der Waals surface area contributed by atoms with Gasteiger partial charge in [-0.3, -0.25) is 4.79 Å². The third-order valence-electron chi connectivity index (χ3n) is 5.39. The lowest BCUT2D eigenvalue weighted by Gasteiger charge is -2.22. The Hall–Kier alpha value is -2.73. The van der Waals surface area contributed by atoms with Crippen molar-refractivity contribution in [1.29, 1.82) is 0 Å². The number of para-hydroxylation sites is 1. The fraction of sp³-hybridized carbons (Fsp3) is 0.292. The molecule has 3 aromatic rings. The van der Waals surface area contributed by atoms with E-state index in [1.54, 1.807) is 18.4 Å². The average Bonchev–Trinajstić information content (AvgIpc) is 2.78. The Morgan fingerprint density at radius 3 is 2.80 bits per heavy atom. The SMILES string of the molecule is C=CCOc1ccc(Br)cc1C=Nn1c(C2CCCCC2)nc2ccccc2c1=O. The van der Waals surface area contributed by atoms with Crippen LogP contribution < -0.4 is 10.3 Å². The van der Waals surface area contributed by atoms with E-state index >= 15 is 0 Å². The summed E-state index contributed by atoms with van der Waals surface area (Å²) < 4.78 is 8.13. The lowest BCUT2D eigenvalue weighted by molar-refractivity contribution is 0.362. The maximum Gasteiger partial charge on any atom is 0.282 e. The molecule has 1 fully saturated rings. The van der Waals surface area contributed by atoms with Gasteiger partial charge < -0.3 is 4.74 Å². The quantitative estimate of drug-likeness (QED) is 0.348. The molecule has 154 valence electrons. The highest BCUT2D eigenvalue weighted by Gasteiger charge is 2.22. The molecule has 0 radical (unpaired) electrons. The van der Waals surface area contributed by atoms with Gasteiger partial charge in [0.1, 0.15) is 18.2 Å². The van der Waals surface area contributed by atoms with Crippen LogP contribution in [0, 0.1) is 0 Å². The minimum atomic E-state index is -0.138. The Bertz CT molecular complexity index is 1150. The van der Waals surface area contributed by atoms with Crippen LogP contribution in [-0.2, 0) is 0 Å². The van der Waals surface area contributed by atoms with E-state index in [4.69, 9.17) is 9.72 Å². The summed E-state index contributed by atoms with van der Waals surface area (Å²) in [6, 6.07) is 13.2. The number of aromatic nitrogens is 2. The maximum atomic E-state index is 13.3. The van der Waals surface area contributed by atoms with Crippen molar-refractivity contribution >= 4 is 33.0 Å². The van der Waals surface area contributed by atoms with Gasteiger partial charge >= 0.3 is 0 Å². The van der Waals surface area contributed by atoms with Crippen LogP contribution in [0.1, 0.15) is 49.4 Å². The van der Waals surface area contributed by atoms with Gasteiger partial charge in [0.2, 0.25) is 0 Å². The van der Waals surface area contributed by atoms with E-state index in [2.05, 4.69) is 27.6 Å². The molecule has 5 nitrogen and oxygen atoms in total. The van der Waals surface area contributed by atoms with E-state index in [9.17, 15) is 4.79 Å². The van der Waals surface area contributed by atoms with Gasteiger partial charge in [-0.1, -0.05) is 60.0 Å². The molecule has 0 atom stereocenters. The number of hydrogen-bond acceptors (Lipinski definition) is 4. The monoisotopic (exact) mass is 465 g/mol. The smallest absolute Gasteiger partial charge is 0.282 e. The number of benzene rings is 2. The second-order valence-electron chi connectivity index (χ2n) is 7.47. The summed E-state index contributed by atoms with van der Waals surface area (Å²) in [5.41, 5.74) is 1.37. The van der Waals surface area contributed by atoms with Gasteiger partial charge in [0, 0.05) is 16.0 Å². The van der Waals surface area contributed by atoms with Crippen molar-refractivity contribution in [2.24, 2.45) is 5.10 Å². The highest BCUT2D eigenvalue weighted by Crippen LogP contribution is 2.32. The zero-order valence-corrected chi connectivity index (χ0v) is 18.3. The molecule has 1 heterocycles. The summed E-state index contributed by atoms with van der Waals surface area (Å²) in [6.45, 7) is 4.09. The summed E-state index contributed by atoms with van der Waals surface area (Å²) in [6.07, 6.45) is 8.98. The number of nitrogens with zero attached hydrogens (tertiary/aromatic N) is 3. The van der Waals surface area contributed by atoms with Crippen LogP contribution in [0.3, 0.4) is 0 Å². The van der Waals surface area contributed by atoms with Crippen molar-refractivity contribution in [3.63, 3.8) is 0 Å². The van der Waals surface area contributed by atoms with Crippen molar-refractivity contribution in [3.05, 3.63) is 81.3 Å². The predicted octanol–water partition coefficient (Wildman–Crippen LogP) is 5.65. The molecule has 1 aromatic heterocycles. The van der Waals surface area contributed by atoms with Crippen LogP contribution in [0.2, 0.25) is 0 Å². The number of hydrogen-bond donors (Lipinski definition) is 0. The number of fused-ring (bicyclic) bond motifs is 1. The second kappa shape index (κ2) is 9.39. The van der Waals surface area contributed by atoms with E-state index in [0.717, 1.165) is 47.1 Å². The summed E-state index contributed by atoms with van der Waals surface area (Å²) in [5.74, 6) is 1.67. The largest absolute Gasteiger partial charge is 0.489 e. The first-order valence-electron chi connectivity index (χ1n) is 10.3. The van der Waals surface area contributed by atoms with Gasteiger partial charge in [-0.25, -0.2) is 4.98 Å². The first-order valence-corrected chi connectivity index (χ1v) is 11.1. The van der Waals surface area contributed by atoms with Crippen LogP contribution in [-0.4, -0.2) is 22.5 Å². The van der Waals surface area contributed by atoms with Gasteiger partial charge in [-0.15, -0.1) is 0 Å². The predicted molar refractivity (Wildman–Crippen MR) is 125 cm³/mol. The van der Waals surface area contributed by atoms with E-state index in [1.165, 1.54) is 11.1 Å². The van der Waals surface area contributed by atoms with E-state index < -0.39 is 0 Å². The Balaban J connectivity index is 1.82. The summed E-state index contributed by atoms with van der Waals surface area (Å²) >= 11 is 3.50. The number of halogens is 1. The first-order chi connectivity index (χ1) is 14.7. The van der Waals surface area contributed by atoms with E-state index in [-0.39, 0.29) is 11.5 Å². The third-order valence-corrected chi connectivity index (χ3v) is 5.88. The number of ether oxygens (including phenoxy) is 1. The molecule has 0 aliphatic heterocycles. The molecule has 4 rings (SSSR count). The Labute approximate surface area is 184 Å². The second-order valence-corrected chi connectivity index (χ2v) is 8.38. The van der Waals surface area contributed by atoms with Crippen molar-refractivity contribution < 1.29 is 4.74 Å². The van der Waals surface area contributed by atoms with Crippen LogP contribution in [0.15, 0.2) is 69.5 Å². The molecule has 30 heavy (non-hydrogen) atoms. The minimum Gasteiger partial charge on any atom is -0.489 e. The van der Waals surface area contributed by atoms with Gasteiger partial charge in [0.05, 0.1) is 17.1 Å². The van der Waals surface area contributed by atoms with Gasteiger partial charge in [0.15, 0.2) is 0 Å². The van der Waals surface area contributed by atoms with Crippen LogP contribution in [0.4, 0.5) is 0 Å². The normalized spacial score (nSPS) is 15.0. The summed E-state index contributed by atoms with van der Waals surface area (Å²) in [7, 11) is 0. The van der Waals surface area contributed by atoms with E-state index in [0.29, 0.717) is 17.7 Å². The molecule has 1 aliphatic rings. The molecule has 2 aromatic carbocycles. The average molecular weight is 466 g/mol. The maximum absolute atomic E-state index is 13.3. The molecule has 6 heteroatoms. The lowest BCUT2D eigenvalue weighted by atomic mass is 9.88. The fourth-order valence-electron chi connectivity index (χ4n) is 3.90. The van der Waals surface area contributed by atoms with E-state index in [1.807, 2.05) is 36.4 Å². The molecule has 0 unspecified atom stereocenters. The number of rotatable bonds is 6. The Morgan fingerprint density at radius 1 is 1.20 bits per heavy atom. The molecule has 0 bridgehead atoms. The zero-order chi connectivity index (χ0) is 20.9. The Kier molecular flexibility index (Phi) is 6.43. The molecule has 0 N–H and O–H groups in total. The summed E-state index contributed by atoms with van der Waals surface area (Å²) in [5, 5.41) is 5.18. The zero-order valence-electron chi connectivity index (χ0n) is 16.8. The van der Waals surface area contributed by atoms with Gasteiger partial charge in [0.25, 0.3) is 5.56 Å². The highest BCUT2D eigenvalue weighted by atomic mass is 79.9. The molecule has 1 aliphatic carbocycles. The van der Waals surface area contributed by atoms with Crippen LogP contribution >= 0.6 is 15.9 Å². The standard InChI is InChI=1S/C24H24BrN3O2/c1-2-14-30-22-13-12-19(25)15-18(22)16-26-28-23(17-8-4-3-5-9-17)27-21-11-7-6-10-20(21)24(28)29/h2,6-7,10-13,15-17H,1,3-5,8-9,14H2. The fourth-order valence-corrected chi connectivity index (χ4v) is 4.28. The van der Waals surface area contributed by atoms with Crippen molar-refractivity contribution in [2.45, 2.75) is 38.0 Å². The first kappa shape index (κ1) is 20.5. The third kappa shape index (κ3) is 4.38. The molecular weight excluding hydrogens is 442 g/mol. The molecule has 0 amide bonds.